The van der Waals surface area contributed by atoms with E-state index in [4.69, 9.17) is 5.11 Å². The summed E-state index contributed by atoms with van der Waals surface area (Å²) in [5.74, 6) is -0.966. The zero-order valence-corrected chi connectivity index (χ0v) is 10.3. The average Bonchev–Trinajstić information content (AvgIpc) is 1.98. The average molecular weight is 239 g/mol. The van der Waals surface area contributed by atoms with Crippen LogP contribution in [-0.2, 0) is 4.79 Å². The quantitative estimate of drug-likeness (QED) is 0.421. The summed E-state index contributed by atoms with van der Waals surface area (Å²) in [6.07, 6.45) is -0.575. The third kappa shape index (κ3) is 5.09. The number of thiol groups is 2. The highest BCUT2D eigenvalue weighted by Crippen LogP contribution is 2.25. The van der Waals surface area contributed by atoms with E-state index in [1.54, 1.807) is 14.0 Å². The SMILES string of the molecule is C[C@@H](C(=O)O)N(C)C(O)CC(C)(S)S. The number of nitrogens with zero attached hydrogens (tertiary/aromatic N) is 1. The van der Waals surface area contributed by atoms with Gasteiger partial charge in [-0.2, -0.15) is 25.3 Å². The molecule has 0 aromatic rings. The number of aliphatic hydroxyl groups excluding tert-OH is 1. The molecule has 6 heteroatoms. The largest absolute Gasteiger partial charge is 0.480 e. The van der Waals surface area contributed by atoms with Crippen LogP contribution in [0.2, 0.25) is 0 Å². The third-order valence-electron chi connectivity index (χ3n) is 2.01. The Morgan fingerprint density at radius 1 is 1.57 bits per heavy atom. The maximum atomic E-state index is 10.6. The highest BCUT2D eigenvalue weighted by atomic mass is 32.2. The number of aliphatic hydroxyl groups is 1. The second-order valence-corrected chi connectivity index (χ2v) is 5.91. The number of carbonyl (C=O) groups is 1. The van der Waals surface area contributed by atoms with E-state index in [-0.39, 0.29) is 6.42 Å². The minimum Gasteiger partial charge on any atom is -0.480 e. The minimum atomic E-state index is -0.966. The zero-order chi connectivity index (χ0) is 11.5. The van der Waals surface area contributed by atoms with E-state index in [0.717, 1.165) is 0 Å². The first-order chi connectivity index (χ1) is 6.15. The van der Waals surface area contributed by atoms with Crippen LogP contribution in [0.3, 0.4) is 0 Å². The van der Waals surface area contributed by atoms with Crippen molar-refractivity contribution in [2.45, 2.75) is 36.6 Å². The lowest BCUT2D eigenvalue weighted by atomic mass is 10.2. The standard InChI is InChI=1S/C8H17NO3S2/c1-5(7(11)12)9(3)6(10)4-8(2,13)14/h5-6,10,13-14H,4H2,1-3H3,(H,11,12)/t5-,6?/m0/s1. The van der Waals surface area contributed by atoms with Crippen LogP contribution in [0.5, 0.6) is 0 Å². The highest BCUT2D eigenvalue weighted by Gasteiger charge is 2.27. The van der Waals surface area contributed by atoms with Gasteiger partial charge in [-0.05, 0) is 20.9 Å². The van der Waals surface area contributed by atoms with Crippen molar-refractivity contribution >= 4 is 31.2 Å². The Kier molecular flexibility index (Phi) is 5.28. The van der Waals surface area contributed by atoms with Gasteiger partial charge in [0.1, 0.15) is 12.3 Å². The molecule has 0 aliphatic rings. The van der Waals surface area contributed by atoms with E-state index < -0.39 is 22.3 Å². The lowest BCUT2D eigenvalue weighted by molar-refractivity contribution is -0.146. The number of aliphatic carboxylic acids is 1. The molecule has 0 saturated heterocycles. The molecule has 0 rings (SSSR count). The number of carboxylic acids is 1. The van der Waals surface area contributed by atoms with Crippen LogP contribution in [0, 0.1) is 0 Å². The predicted molar refractivity (Wildman–Crippen MR) is 61.9 cm³/mol. The number of hydrogen-bond acceptors (Lipinski definition) is 5. The van der Waals surface area contributed by atoms with E-state index in [9.17, 15) is 9.90 Å². The molecule has 4 nitrogen and oxygen atoms in total. The molecule has 0 bridgehead atoms. The third-order valence-corrected chi connectivity index (χ3v) is 2.37. The van der Waals surface area contributed by atoms with E-state index in [0.29, 0.717) is 0 Å². The van der Waals surface area contributed by atoms with Crippen LogP contribution < -0.4 is 0 Å². The molecule has 0 aliphatic carbocycles. The molecule has 0 aromatic heterocycles. The van der Waals surface area contributed by atoms with Gasteiger partial charge in [-0.3, -0.25) is 9.69 Å². The number of likely N-dealkylation sites (N-methyl/N-ethyl adjacent to an activating group) is 1. The summed E-state index contributed by atoms with van der Waals surface area (Å²) in [5.41, 5.74) is 0. The number of rotatable bonds is 5. The van der Waals surface area contributed by atoms with Crippen molar-refractivity contribution in [2.75, 3.05) is 7.05 Å². The van der Waals surface area contributed by atoms with E-state index >= 15 is 0 Å². The first-order valence-electron chi connectivity index (χ1n) is 4.22. The molecule has 0 fully saturated rings. The van der Waals surface area contributed by atoms with Gasteiger partial charge >= 0.3 is 5.97 Å². The molecule has 14 heavy (non-hydrogen) atoms. The van der Waals surface area contributed by atoms with Gasteiger partial charge in [0.15, 0.2) is 0 Å². The summed E-state index contributed by atoms with van der Waals surface area (Å²) in [6.45, 7) is 3.25. The van der Waals surface area contributed by atoms with Gasteiger partial charge in [0.05, 0.1) is 4.08 Å². The van der Waals surface area contributed by atoms with Crippen molar-refractivity contribution in [1.82, 2.24) is 4.90 Å². The van der Waals surface area contributed by atoms with E-state index in [2.05, 4.69) is 25.3 Å². The maximum absolute atomic E-state index is 10.6. The zero-order valence-electron chi connectivity index (χ0n) is 8.51. The summed E-state index contributed by atoms with van der Waals surface area (Å²) >= 11 is 8.28. The van der Waals surface area contributed by atoms with E-state index in [1.807, 2.05) is 0 Å². The Morgan fingerprint density at radius 2 is 2.00 bits per heavy atom. The topological polar surface area (TPSA) is 60.8 Å². The number of carboxylic acid groups (broad SMARTS) is 1. The smallest absolute Gasteiger partial charge is 0.320 e. The first-order valence-corrected chi connectivity index (χ1v) is 5.12. The molecule has 2 atom stereocenters. The Balaban J connectivity index is 4.25. The fraction of sp³-hybridized carbons (Fsp3) is 0.875. The van der Waals surface area contributed by atoms with Gasteiger partial charge in [0.25, 0.3) is 0 Å². The van der Waals surface area contributed by atoms with Crippen LogP contribution in [0.15, 0.2) is 0 Å². The summed E-state index contributed by atoms with van der Waals surface area (Å²) < 4.78 is -0.619. The van der Waals surface area contributed by atoms with Crippen LogP contribution in [0.25, 0.3) is 0 Å². The fourth-order valence-electron chi connectivity index (χ4n) is 0.922. The molecule has 0 aromatic carbocycles. The monoisotopic (exact) mass is 239 g/mol. The van der Waals surface area contributed by atoms with Crippen molar-refractivity contribution in [2.24, 2.45) is 0 Å². The Morgan fingerprint density at radius 3 is 2.29 bits per heavy atom. The molecule has 0 heterocycles. The lowest BCUT2D eigenvalue weighted by Gasteiger charge is -2.30. The minimum absolute atomic E-state index is 0.285. The second-order valence-electron chi connectivity index (χ2n) is 3.58. The van der Waals surface area contributed by atoms with Crippen LogP contribution in [0.4, 0.5) is 0 Å². The van der Waals surface area contributed by atoms with Gasteiger partial charge in [-0.25, -0.2) is 0 Å². The molecular weight excluding hydrogens is 222 g/mol. The molecule has 0 radical (unpaired) electrons. The molecule has 0 amide bonds. The first kappa shape index (κ1) is 14.1. The van der Waals surface area contributed by atoms with Gasteiger partial charge in [-0.1, -0.05) is 0 Å². The predicted octanol–water partition coefficient (Wildman–Crippen LogP) is 0.676. The van der Waals surface area contributed by atoms with Crippen molar-refractivity contribution in [3.8, 4) is 0 Å². The van der Waals surface area contributed by atoms with Crippen molar-refractivity contribution < 1.29 is 15.0 Å². The Labute approximate surface area is 95.1 Å². The Hall–Kier alpha value is 0.0900. The molecule has 0 aliphatic heterocycles. The molecule has 84 valence electrons. The van der Waals surface area contributed by atoms with Crippen LogP contribution >= 0.6 is 25.3 Å². The summed E-state index contributed by atoms with van der Waals surface area (Å²) in [4.78, 5) is 12.0. The van der Waals surface area contributed by atoms with Gasteiger partial charge in [0.2, 0.25) is 0 Å². The summed E-state index contributed by atoms with van der Waals surface area (Å²) in [5, 5.41) is 18.3. The number of hydrogen-bond donors (Lipinski definition) is 4. The van der Waals surface area contributed by atoms with E-state index in [1.165, 1.54) is 11.8 Å². The molecule has 1 unspecified atom stereocenters. The van der Waals surface area contributed by atoms with Crippen molar-refractivity contribution in [3.63, 3.8) is 0 Å². The normalized spacial score (nSPS) is 16.8. The molecule has 0 saturated carbocycles. The van der Waals surface area contributed by atoms with Crippen LogP contribution in [-0.4, -0.2) is 44.5 Å². The van der Waals surface area contributed by atoms with Crippen molar-refractivity contribution in [3.05, 3.63) is 0 Å². The summed E-state index contributed by atoms with van der Waals surface area (Å²) in [7, 11) is 1.55. The lowest BCUT2D eigenvalue weighted by Crippen LogP contribution is -2.44. The fourth-order valence-corrected chi connectivity index (χ4v) is 1.25. The maximum Gasteiger partial charge on any atom is 0.320 e. The Bertz CT molecular complexity index is 205. The van der Waals surface area contributed by atoms with Gasteiger partial charge in [-0.15, -0.1) is 0 Å². The molecular formula is C8H17NO3S2. The molecule has 2 N–H and O–H groups in total. The van der Waals surface area contributed by atoms with Crippen LogP contribution in [0.1, 0.15) is 20.3 Å². The van der Waals surface area contributed by atoms with Gasteiger partial charge in [0, 0.05) is 6.42 Å². The van der Waals surface area contributed by atoms with Crippen molar-refractivity contribution in [1.29, 1.82) is 0 Å². The summed E-state index contributed by atoms with van der Waals surface area (Å²) in [6, 6.07) is -0.728. The second kappa shape index (κ2) is 5.25. The van der Waals surface area contributed by atoms with Gasteiger partial charge < -0.3 is 10.2 Å². The highest BCUT2D eigenvalue weighted by molar-refractivity contribution is 8.00. The molecule has 0 spiro atoms.